The molecule has 0 bridgehead atoms. The Hall–Kier alpha value is -1.62. The van der Waals surface area contributed by atoms with E-state index in [1.54, 1.807) is 6.92 Å². The zero-order chi connectivity index (χ0) is 15.3. The van der Waals surface area contributed by atoms with Crippen LogP contribution in [0.15, 0.2) is 18.2 Å². The maximum absolute atomic E-state index is 13.1. The molecule has 1 aromatic carbocycles. The molecule has 1 rings (SSSR count). The lowest BCUT2D eigenvalue weighted by Gasteiger charge is -2.27. The van der Waals surface area contributed by atoms with E-state index in [0.29, 0.717) is 11.3 Å². The monoisotopic (exact) mass is 282 g/mol. The Balaban J connectivity index is 2.75. The first-order chi connectivity index (χ1) is 9.29. The minimum Gasteiger partial charge on any atom is -0.481 e. The number of hydrogen-bond acceptors (Lipinski definition) is 3. The topological polar surface area (TPSA) is 64.3 Å². The van der Waals surface area contributed by atoms with E-state index in [1.165, 1.54) is 18.2 Å². The van der Waals surface area contributed by atoms with Crippen molar-refractivity contribution in [2.45, 2.75) is 52.3 Å². The largest absolute Gasteiger partial charge is 0.481 e. The Labute approximate surface area is 119 Å². The number of benzene rings is 1. The number of halogens is 1. The van der Waals surface area contributed by atoms with Gasteiger partial charge in [0.2, 0.25) is 0 Å². The molecule has 5 heteroatoms. The lowest BCUT2D eigenvalue weighted by atomic mass is 10.0. The molecule has 0 spiro atoms. The Kier molecular flexibility index (Phi) is 5.51. The van der Waals surface area contributed by atoms with Gasteiger partial charge in [-0.3, -0.25) is 4.79 Å². The van der Waals surface area contributed by atoms with Gasteiger partial charge < -0.3 is 15.8 Å². The van der Waals surface area contributed by atoms with E-state index in [4.69, 9.17) is 10.5 Å². The summed E-state index contributed by atoms with van der Waals surface area (Å²) >= 11 is 0. The fraction of sp³-hybridized carbons (Fsp3) is 0.533. The molecular formula is C15H23FN2O2. The maximum atomic E-state index is 13.1. The summed E-state index contributed by atoms with van der Waals surface area (Å²) in [5, 5.41) is 2.91. The third-order valence-corrected chi connectivity index (χ3v) is 3.26. The van der Waals surface area contributed by atoms with Crippen molar-refractivity contribution in [3.63, 3.8) is 0 Å². The van der Waals surface area contributed by atoms with Crippen LogP contribution in [0.3, 0.4) is 0 Å². The molecule has 1 atom stereocenters. The first-order valence-electron chi connectivity index (χ1n) is 6.76. The van der Waals surface area contributed by atoms with Crippen LogP contribution in [-0.2, 0) is 11.3 Å². The predicted octanol–water partition coefficient (Wildman–Crippen LogP) is 2.36. The van der Waals surface area contributed by atoms with Gasteiger partial charge in [-0.25, -0.2) is 4.39 Å². The molecule has 4 nitrogen and oxygen atoms in total. The van der Waals surface area contributed by atoms with Gasteiger partial charge in [0, 0.05) is 17.6 Å². The highest BCUT2D eigenvalue weighted by molar-refractivity contribution is 5.81. The van der Waals surface area contributed by atoms with E-state index in [0.717, 1.165) is 6.42 Å². The second kappa shape index (κ2) is 6.70. The molecule has 1 amide bonds. The number of carbonyl (C=O) groups is 1. The second-order valence-corrected chi connectivity index (χ2v) is 5.44. The fourth-order valence-corrected chi connectivity index (χ4v) is 1.59. The van der Waals surface area contributed by atoms with Crippen molar-refractivity contribution >= 4 is 5.91 Å². The van der Waals surface area contributed by atoms with Crippen molar-refractivity contribution in [1.29, 1.82) is 0 Å². The number of ether oxygens (including phenoxy) is 1. The Morgan fingerprint density at radius 1 is 1.50 bits per heavy atom. The molecule has 0 fully saturated rings. The van der Waals surface area contributed by atoms with Crippen LogP contribution in [0.2, 0.25) is 0 Å². The number of hydrogen-bond donors (Lipinski definition) is 2. The van der Waals surface area contributed by atoms with Crippen molar-refractivity contribution in [1.82, 2.24) is 5.32 Å². The Bertz CT molecular complexity index is 475. The van der Waals surface area contributed by atoms with Gasteiger partial charge >= 0.3 is 0 Å². The van der Waals surface area contributed by atoms with Gasteiger partial charge in [0.25, 0.3) is 5.91 Å². The van der Waals surface area contributed by atoms with Crippen LogP contribution in [0, 0.1) is 5.82 Å². The zero-order valence-corrected chi connectivity index (χ0v) is 12.5. The van der Waals surface area contributed by atoms with E-state index < -0.39 is 6.10 Å². The normalized spacial score (nSPS) is 12.9. The molecule has 0 aliphatic carbocycles. The molecule has 1 unspecified atom stereocenters. The summed E-state index contributed by atoms with van der Waals surface area (Å²) in [7, 11) is 0. The van der Waals surface area contributed by atoms with Gasteiger partial charge in [-0.1, -0.05) is 6.92 Å². The average Bonchev–Trinajstić information content (AvgIpc) is 2.40. The number of carbonyl (C=O) groups excluding carboxylic acids is 1. The van der Waals surface area contributed by atoms with E-state index in [-0.39, 0.29) is 23.8 Å². The average molecular weight is 282 g/mol. The third kappa shape index (κ3) is 4.49. The predicted molar refractivity (Wildman–Crippen MR) is 76.9 cm³/mol. The summed E-state index contributed by atoms with van der Waals surface area (Å²) in [5.41, 5.74) is 5.80. The smallest absolute Gasteiger partial charge is 0.261 e. The van der Waals surface area contributed by atoms with E-state index in [9.17, 15) is 9.18 Å². The summed E-state index contributed by atoms with van der Waals surface area (Å²) in [6.45, 7) is 7.70. The minimum atomic E-state index is -0.670. The number of nitrogens with two attached hydrogens (primary N) is 1. The summed E-state index contributed by atoms with van der Waals surface area (Å²) in [5.74, 6) is -0.142. The van der Waals surface area contributed by atoms with Gasteiger partial charge in [-0.15, -0.1) is 0 Å². The van der Waals surface area contributed by atoms with Crippen molar-refractivity contribution in [2.24, 2.45) is 5.73 Å². The van der Waals surface area contributed by atoms with Gasteiger partial charge in [0.05, 0.1) is 0 Å². The molecule has 3 N–H and O–H groups in total. The van der Waals surface area contributed by atoms with Crippen LogP contribution in [0.25, 0.3) is 0 Å². The minimum absolute atomic E-state index is 0.155. The molecule has 0 heterocycles. The highest BCUT2D eigenvalue weighted by atomic mass is 19.1. The molecule has 1 aromatic rings. The molecule has 112 valence electrons. The Morgan fingerprint density at radius 3 is 2.70 bits per heavy atom. The van der Waals surface area contributed by atoms with Gasteiger partial charge in [0.15, 0.2) is 6.10 Å². The number of nitrogens with one attached hydrogen (secondary N) is 1. The third-order valence-electron chi connectivity index (χ3n) is 3.26. The van der Waals surface area contributed by atoms with E-state index in [1.807, 2.05) is 20.8 Å². The lowest BCUT2D eigenvalue weighted by Crippen LogP contribution is -2.48. The molecule has 0 radical (unpaired) electrons. The summed E-state index contributed by atoms with van der Waals surface area (Å²) in [6, 6.07) is 4.09. The second-order valence-electron chi connectivity index (χ2n) is 5.44. The van der Waals surface area contributed by atoms with E-state index >= 15 is 0 Å². The van der Waals surface area contributed by atoms with Crippen molar-refractivity contribution < 1.29 is 13.9 Å². The van der Waals surface area contributed by atoms with Crippen molar-refractivity contribution in [2.75, 3.05) is 0 Å². The Morgan fingerprint density at radius 2 is 2.15 bits per heavy atom. The zero-order valence-electron chi connectivity index (χ0n) is 12.5. The highest BCUT2D eigenvalue weighted by Crippen LogP contribution is 2.20. The van der Waals surface area contributed by atoms with Crippen LogP contribution in [0.4, 0.5) is 4.39 Å². The van der Waals surface area contributed by atoms with Gasteiger partial charge in [-0.2, -0.15) is 0 Å². The highest BCUT2D eigenvalue weighted by Gasteiger charge is 2.23. The molecule has 0 aromatic heterocycles. The SMILES string of the molecule is CCC(C)(C)NC(=O)C(C)Oc1ccc(F)cc1CN. The molecule has 0 saturated carbocycles. The first-order valence-corrected chi connectivity index (χ1v) is 6.76. The number of amides is 1. The fourth-order valence-electron chi connectivity index (χ4n) is 1.59. The first kappa shape index (κ1) is 16.4. The van der Waals surface area contributed by atoms with E-state index in [2.05, 4.69) is 5.32 Å². The number of rotatable bonds is 6. The molecule has 0 aliphatic heterocycles. The molecule has 0 aliphatic rings. The van der Waals surface area contributed by atoms with Crippen LogP contribution in [-0.4, -0.2) is 17.6 Å². The van der Waals surface area contributed by atoms with Crippen LogP contribution in [0.5, 0.6) is 5.75 Å². The quantitative estimate of drug-likeness (QED) is 0.842. The van der Waals surface area contributed by atoms with Crippen LogP contribution >= 0.6 is 0 Å². The van der Waals surface area contributed by atoms with Crippen molar-refractivity contribution in [3.05, 3.63) is 29.6 Å². The van der Waals surface area contributed by atoms with Crippen molar-refractivity contribution in [3.8, 4) is 5.75 Å². The van der Waals surface area contributed by atoms with Crippen LogP contribution in [0.1, 0.15) is 39.7 Å². The van der Waals surface area contributed by atoms with Gasteiger partial charge in [0.1, 0.15) is 11.6 Å². The summed E-state index contributed by atoms with van der Waals surface area (Å²) in [4.78, 5) is 12.0. The standard InChI is InChI=1S/C15H23FN2O2/c1-5-15(3,4)18-14(19)10(2)20-13-7-6-12(16)8-11(13)9-17/h6-8,10H,5,9,17H2,1-4H3,(H,18,19). The maximum Gasteiger partial charge on any atom is 0.261 e. The summed E-state index contributed by atoms with van der Waals surface area (Å²) in [6.07, 6.45) is 0.146. The van der Waals surface area contributed by atoms with Crippen LogP contribution < -0.4 is 15.8 Å². The lowest BCUT2D eigenvalue weighted by molar-refractivity contribution is -0.129. The molecular weight excluding hydrogens is 259 g/mol. The summed E-state index contributed by atoms with van der Waals surface area (Å²) < 4.78 is 18.7. The molecule has 0 saturated heterocycles. The van der Waals surface area contributed by atoms with Gasteiger partial charge in [-0.05, 0) is 45.4 Å². The molecule has 20 heavy (non-hydrogen) atoms.